The van der Waals surface area contributed by atoms with Crippen molar-refractivity contribution < 1.29 is 4.79 Å². The molecule has 1 aromatic heterocycles. The average Bonchev–Trinajstić information content (AvgIpc) is 2.71. The van der Waals surface area contributed by atoms with Crippen LogP contribution in [0.4, 0.5) is 0 Å². The molecular weight excluding hydrogens is 284 g/mol. The maximum atomic E-state index is 12.6. The first-order valence-electron chi connectivity index (χ1n) is 7.29. The number of nitrogens with zero attached hydrogens (tertiary/aromatic N) is 4. The van der Waals surface area contributed by atoms with E-state index in [1.54, 1.807) is 6.08 Å². The molecule has 0 saturated heterocycles. The predicted molar refractivity (Wildman–Crippen MR) is 87.4 cm³/mol. The Bertz CT molecular complexity index is 488. The largest absolute Gasteiger partial charge is 0.337 e. The highest BCUT2D eigenvalue weighted by atomic mass is 32.2. The van der Waals surface area contributed by atoms with Crippen LogP contribution in [0.25, 0.3) is 0 Å². The topological polar surface area (TPSA) is 51.0 Å². The quantitative estimate of drug-likeness (QED) is 0.574. The molecule has 21 heavy (non-hydrogen) atoms. The zero-order valence-electron chi connectivity index (χ0n) is 13.8. The highest BCUT2D eigenvalue weighted by Crippen LogP contribution is 2.25. The van der Waals surface area contributed by atoms with Crippen LogP contribution in [-0.4, -0.2) is 42.9 Å². The smallest absolute Gasteiger partial charge is 0.236 e. The van der Waals surface area contributed by atoms with E-state index in [-0.39, 0.29) is 23.2 Å². The van der Waals surface area contributed by atoms with Gasteiger partial charge in [-0.2, -0.15) is 0 Å². The van der Waals surface area contributed by atoms with E-state index in [1.807, 2.05) is 51.0 Å². The standard InChI is InChI=1S/C15H26N4OS/c1-8-9-18-13(7)16-17-15(18)21-12(6)14(20)19(10(2)3)11(4)5/h8,10-12H,1,9H2,2-7H3. The van der Waals surface area contributed by atoms with Gasteiger partial charge in [-0.1, -0.05) is 17.8 Å². The van der Waals surface area contributed by atoms with Gasteiger partial charge in [0.1, 0.15) is 5.82 Å². The molecule has 118 valence electrons. The van der Waals surface area contributed by atoms with E-state index in [0.29, 0.717) is 6.54 Å². The SMILES string of the molecule is C=CCn1c(C)nnc1SC(C)C(=O)N(C(C)C)C(C)C. The van der Waals surface area contributed by atoms with Gasteiger partial charge < -0.3 is 9.47 Å². The fourth-order valence-electron chi connectivity index (χ4n) is 2.31. The van der Waals surface area contributed by atoms with Crippen LogP contribution >= 0.6 is 11.8 Å². The minimum atomic E-state index is -0.193. The fraction of sp³-hybridized carbons (Fsp3) is 0.667. The summed E-state index contributed by atoms with van der Waals surface area (Å²) in [7, 11) is 0. The molecule has 1 unspecified atom stereocenters. The summed E-state index contributed by atoms with van der Waals surface area (Å²) in [6.45, 7) is 16.4. The van der Waals surface area contributed by atoms with Gasteiger partial charge in [0.2, 0.25) is 5.91 Å². The summed E-state index contributed by atoms with van der Waals surface area (Å²) in [5, 5.41) is 8.82. The second-order valence-electron chi connectivity index (χ2n) is 5.62. The third kappa shape index (κ3) is 4.33. The first-order chi connectivity index (χ1) is 9.79. The van der Waals surface area contributed by atoms with Gasteiger partial charge in [0.05, 0.1) is 5.25 Å². The average molecular weight is 310 g/mol. The molecule has 1 amide bonds. The van der Waals surface area contributed by atoms with Crippen LogP contribution in [0, 0.1) is 6.92 Å². The molecule has 1 aromatic rings. The molecule has 1 heterocycles. The molecule has 0 radical (unpaired) electrons. The summed E-state index contributed by atoms with van der Waals surface area (Å²) in [6.07, 6.45) is 1.81. The lowest BCUT2D eigenvalue weighted by Gasteiger charge is -2.32. The van der Waals surface area contributed by atoms with Gasteiger partial charge >= 0.3 is 0 Å². The van der Waals surface area contributed by atoms with E-state index < -0.39 is 0 Å². The third-order valence-electron chi connectivity index (χ3n) is 3.21. The van der Waals surface area contributed by atoms with Crippen molar-refractivity contribution in [1.82, 2.24) is 19.7 Å². The van der Waals surface area contributed by atoms with Gasteiger partial charge in [-0.15, -0.1) is 16.8 Å². The van der Waals surface area contributed by atoms with Gasteiger partial charge in [-0.3, -0.25) is 4.79 Å². The lowest BCUT2D eigenvalue weighted by molar-refractivity contribution is -0.133. The number of thioether (sulfide) groups is 1. The number of rotatable bonds is 7. The Labute approximate surface area is 131 Å². The summed E-state index contributed by atoms with van der Waals surface area (Å²) < 4.78 is 1.97. The molecule has 0 aliphatic carbocycles. The van der Waals surface area contributed by atoms with Crippen LogP contribution in [-0.2, 0) is 11.3 Å². The van der Waals surface area contributed by atoms with Crippen LogP contribution in [0.3, 0.4) is 0 Å². The van der Waals surface area contributed by atoms with Gasteiger partial charge in [-0.25, -0.2) is 0 Å². The highest BCUT2D eigenvalue weighted by Gasteiger charge is 2.27. The summed E-state index contributed by atoms with van der Waals surface area (Å²) in [5.41, 5.74) is 0. The van der Waals surface area contributed by atoms with Crippen LogP contribution in [0.5, 0.6) is 0 Å². The van der Waals surface area contributed by atoms with Crippen molar-refractivity contribution >= 4 is 17.7 Å². The molecule has 6 heteroatoms. The molecular formula is C15H26N4OS. The minimum absolute atomic E-state index is 0.135. The Morgan fingerprint density at radius 1 is 1.29 bits per heavy atom. The normalized spacial score (nSPS) is 12.8. The van der Waals surface area contributed by atoms with Crippen molar-refractivity contribution in [3.05, 3.63) is 18.5 Å². The monoisotopic (exact) mass is 310 g/mol. The number of hydrogen-bond donors (Lipinski definition) is 0. The molecule has 0 aliphatic rings. The van der Waals surface area contributed by atoms with E-state index in [1.165, 1.54) is 11.8 Å². The molecule has 0 spiro atoms. The molecule has 5 nitrogen and oxygen atoms in total. The van der Waals surface area contributed by atoms with Crippen LogP contribution in [0.2, 0.25) is 0 Å². The maximum absolute atomic E-state index is 12.6. The molecule has 0 aliphatic heterocycles. The van der Waals surface area contributed by atoms with Crippen molar-refractivity contribution in [3.63, 3.8) is 0 Å². The Balaban J connectivity index is 2.87. The number of amides is 1. The number of aryl methyl sites for hydroxylation is 1. The van der Waals surface area contributed by atoms with Crippen molar-refractivity contribution in [2.75, 3.05) is 0 Å². The van der Waals surface area contributed by atoms with Crippen molar-refractivity contribution in [2.45, 2.75) is 70.6 Å². The zero-order valence-corrected chi connectivity index (χ0v) is 14.6. The number of hydrogen-bond acceptors (Lipinski definition) is 4. The highest BCUT2D eigenvalue weighted by molar-refractivity contribution is 8.00. The van der Waals surface area contributed by atoms with Crippen molar-refractivity contribution in [1.29, 1.82) is 0 Å². The summed E-state index contributed by atoms with van der Waals surface area (Å²) in [4.78, 5) is 14.5. The third-order valence-corrected chi connectivity index (χ3v) is 4.28. The summed E-state index contributed by atoms with van der Waals surface area (Å²) >= 11 is 1.45. The Morgan fingerprint density at radius 2 is 1.86 bits per heavy atom. The minimum Gasteiger partial charge on any atom is -0.337 e. The van der Waals surface area contributed by atoms with Crippen LogP contribution in [0.1, 0.15) is 40.4 Å². The van der Waals surface area contributed by atoms with Gasteiger partial charge in [0.25, 0.3) is 0 Å². The first kappa shape index (κ1) is 17.8. The van der Waals surface area contributed by atoms with Gasteiger partial charge in [-0.05, 0) is 41.5 Å². The van der Waals surface area contributed by atoms with Gasteiger partial charge in [0.15, 0.2) is 5.16 Å². The van der Waals surface area contributed by atoms with Crippen molar-refractivity contribution in [3.8, 4) is 0 Å². The molecule has 0 fully saturated rings. The second-order valence-corrected chi connectivity index (χ2v) is 6.93. The molecule has 1 atom stereocenters. The molecule has 1 rings (SSSR count). The van der Waals surface area contributed by atoms with Crippen LogP contribution in [0.15, 0.2) is 17.8 Å². The molecule has 0 bridgehead atoms. The maximum Gasteiger partial charge on any atom is 0.236 e. The number of carbonyl (C=O) groups excluding carboxylic acids is 1. The van der Waals surface area contributed by atoms with E-state index in [9.17, 15) is 4.79 Å². The van der Waals surface area contributed by atoms with Crippen LogP contribution < -0.4 is 0 Å². The summed E-state index contributed by atoms with van der Waals surface area (Å²) in [5.74, 6) is 0.970. The Morgan fingerprint density at radius 3 is 2.33 bits per heavy atom. The number of aromatic nitrogens is 3. The Kier molecular flexibility index (Phi) is 6.45. The van der Waals surface area contributed by atoms with E-state index in [2.05, 4.69) is 16.8 Å². The fourth-order valence-corrected chi connectivity index (χ4v) is 3.27. The summed E-state index contributed by atoms with van der Waals surface area (Å²) in [6, 6.07) is 0.377. The van der Waals surface area contributed by atoms with Gasteiger partial charge in [0, 0.05) is 18.6 Å². The molecule has 0 aromatic carbocycles. The number of allylic oxidation sites excluding steroid dienone is 1. The molecule has 0 N–H and O–H groups in total. The number of carbonyl (C=O) groups is 1. The molecule has 0 saturated carbocycles. The first-order valence-corrected chi connectivity index (χ1v) is 8.17. The Hall–Kier alpha value is -1.30. The lowest BCUT2D eigenvalue weighted by atomic mass is 10.2. The zero-order chi connectivity index (χ0) is 16.2. The van der Waals surface area contributed by atoms with E-state index >= 15 is 0 Å². The second kappa shape index (κ2) is 7.64. The lowest BCUT2D eigenvalue weighted by Crippen LogP contribution is -2.45. The van der Waals surface area contributed by atoms with E-state index in [4.69, 9.17) is 0 Å². The van der Waals surface area contributed by atoms with E-state index in [0.717, 1.165) is 11.0 Å². The predicted octanol–water partition coefficient (Wildman–Crippen LogP) is 2.90. The van der Waals surface area contributed by atoms with Crippen molar-refractivity contribution in [2.24, 2.45) is 0 Å².